The lowest BCUT2D eigenvalue weighted by Crippen LogP contribution is -2.51. The third-order valence-electron chi connectivity index (χ3n) is 6.30. The highest BCUT2D eigenvalue weighted by Crippen LogP contribution is 2.38. The molecule has 0 radical (unpaired) electrons. The van der Waals surface area contributed by atoms with E-state index in [0.717, 1.165) is 16.8 Å². The van der Waals surface area contributed by atoms with Gasteiger partial charge >= 0.3 is 0 Å². The van der Waals surface area contributed by atoms with Gasteiger partial charge in [-0.05, 0) is 55.5 Å². The highest BCUT2D eigenvalue weighted by atomic mass is 35.5. The lowest BCUT2D eigenvalue weighted by atomic mass is 9.81. The number of pyridine rings is 1. The van der Waals surface area contributed by atoms with Crippen molar-refractivity contribution in [2.45, 2.75) is 44.6 Å². The van der Waals surface area contributed by atoms with Crippen LogP contribution in [-0.2, 0) is 11.8 Å². The zero-order chi connectivity index (χ0) is 25.2. The quantitative estimate of drug-likeness (QED) is 0.497. The number of carbonyl (C=O) groups excluding carboxylic acids is 2. The van der Waals surface area contributed by atoms with E-state index in [4.69, 9.17) is 11.6 Å². The molecule has 1 saturated carbocycles. The van der Waals surface area contributed by atoms with E-state index in [9.17, 15) is 18.4 Å². The third kappa shape index (κ3) is 5.67. The normalized spacial score (nSPS) is 18.0. The first kappa shape index (κ1) is 24.8. The molecule has 1 aliphatic carbocycles. The van der Waals surface area contributed by atoms with Crippen LogP contribution in [-0.4, -0.2) is 38.5 Å². The van der Waals surface area contributed by atoms with E-state index in [1.807, 2.05) is 6.92 Å². The molecule has 0 spiro atoms. The van der Waals surface area contributed by atoms with Gasteiger partial charge in [-0.1, -0.05) is 23.7 Å². The predicted molar refractivity (Wildman–Crippen MR) is 129 cm³/mol. The van der Waals surface area contributed by atoms with E-state index >= 15 is 0 Å². The number of halogens is 3. The predicted octanol–water partition coefficient (Wildman–Crippen LogP) is 5.01. The van der Waals surface area contributed by atoms with Gasteiger partial charge in [0.15, 0.2) is 0 Å². The van der Waals surface area contributed by atoms with Crippen LogP contribution in [0.4, 0.5) is 14.5 Å². The zero-order valence-electron chi connectivity index (χ0n) is 19.4. The fraction of sp³-hybridized carbons (Fsp3) is 0.360. The van der Waals surface area contributed by atoms with E-state index in [1.54, 1.807) is 43.6 Å². The van der Waals surface area contributed by atoms with Crippen LogP contribution in [0.2, 0.25) is 5.02 Å². The number of anilines is 1. The monoisotopic (exact) mass is 501 g/mol. The van der Waals surface area contributed by atoms with Crippen LogP contribution in [0.25, 0.3) is 11.1 Å². The number of nitrogens with one attached hydrogen (secondary N) is 2. The fourth-order valence-corrected chi connectivity index (χ4v) is 4.83. The first-order chi connectivity index (χ1) is 16.6. The summed E-state index contributed by atoms with van der Waals surface area (Å²) in [5, 5.41) is 9.96. The number of aromatic nitrogens is 3. The van der Waals surface area contributed by atoms with Crippen LogP contribution >= 0.6 is 11.6 Å². The summed E-state index contributed by atoms with van der Waals surface area (Å²) < 4.78 is 29.7. The first-order valence-corrected chi connectivity index (χ1v) is 11.7. The molecular formula is C25H26ClF2N5O2. The second-order valence-electron chi connectivity index (χ2n) is 8.82. The molecule has 35 heavy (non-hydrogen) atoms. The number of benzene rings is 1. The number of carbonyl (C=O) groups is 2. The fourth-order valence-electron chi connectivity index (χ4n) is 4.53. The average Bonchev–Trinajstić information content (AvgIpc) is 3.23. The molecule has 0 bridgehead atoms. The lowest BCUT2D eigenvalue weighted by Gasteiger charge is -2.34. The molecule has 3 aromatic rings. The van der Waals surface area contributed by atoms with Gasteiger partial charge in [-0.25, -0.2) is 8.78 Å². The number of nitrogens with zero attached hydrogens (tertiary/aromatic N) is 3. The maximum Gasteiger partial charge on any atom is 0.270 e. The topological polar surface area (TPSA) is 88.9 Å². The Morgan fingerprint density at radius 3 is 2.54 bits per heavy atom. The Morgan fingerprint density at radius 1 is 1.17 bits per heavy atom. The van der Waals surface area contributed by atoms with Crippen molar-refractivity contribution >= 4 is 29.1 Å². The molecule has 2 N–H and O–H groups in total. The molecule has 184 valence electrons. The van der Waals surface area contributed by atoms with Gasteiger partial charge in [-0.2, -0.15) is 5.10 Å². The standard InChI is InChI=1S/C25H26ClF2N5O2/c1-15-21(19(26)9-12-29-15)16-5-7-18(8-6-16)31-24(35)22(17-4-3-11-25(27,28)14-17)32-23(34)20-10-13-30-33(20)2/h5-10,12-13,17,22H,3-4,11,14H2,1-2H3,(H,31,35)(H,32,34). The van der Waals surface area contributed by atoms with Crippen molar-refractivity contribution in [1.82, 2.24) is 20.1 Å². The largest absolute Gasteiger partial charge is 0.339 e. The summed E-state index contributed by atoms with van der Waals surface area (Å²) in [6, 6.07) is 9.07. The number of hydrogen-bond acceptors (Lipinski definition) is 4. The van der Waals surface area contributed by atoms with Crippen LogP contribution in [0.15, 0.2) is 48.8 Å². The van der Waals surface area contributed by atoms with Gasteiger partial charge in [0, 0.05) is 49.2 Å². The Morgan fingerprint density at radius 2 is 1.91 bits per heavy atom. The molecule has 2 amide bonds. The van der Waals surface area contributed by atoms with Crippen molar-refractivity contribution in [2.75, 3.05) is 5.32 Å². The molecule has 10 heteroatoms. The van der Waals surface area contributed by atoms with Crippen LogP contribution in [0, 0.1) is 12.8 Å². The molecule has 4 rings (SSSR count). The number of rotatable bonds is 6. The van der Waals surface area contributed by atoms with Gasteiger partial charge in [-0.15, -0.1) is 0 Å². The maximum atomic E-state index is 14.2. The number of hydrogen-bond donors (Lipinski definition) is 2. The molecule has 2 aromatic heterocycles. The van der Waals surface area contributed by atoms with Crippen LogP contribution in [0.1, 0.15) is 41.9 Å². The minimum Gasteiger partial charge on any atom is -0.339 e. The molecule has 2 unspecified atom stereocenters. The van der Waals surface area contributed by atoms with Crippen LogP contribution in [0.5, 0.6) is 0 Å². The second kappa shape index (κ2) is 10.1. The smallest absolute Gasteiger partial charge is 0.270 e. The molecule has 0 aliphatic heterocycles. The van der Waals surface area contributed by atoms with Gasteiger partial charge < -0.3 is 10.6 Å². The number of alkyl halides is 2. The van der Waals surface area contributed by atoms with Gasteiger partial charge in [0.05, 0.1) is 5.02 Å². The Labute approximate surface area is 206 Å². The van der Waals surface area contributed by atoms with Crippen molar-refractivity contribution < 1.29 is 18.4 Å². The highest BCUT2D eigenvalue weighted by molar-refractivity contribution is 6.33. The SMILES string of the molecule is Cc1nccc(Cl)c1-c1ccc(NC(=O)C(NC(=O)c2ccnn2C)C2CCCC(F)(F)C2)cc1. The summed E-state index contributed by atoms with van der Waals surface area (Å²) >= 11 is 6.32. The number of aryl methyl sites for hydroxylation is 2. The summed E-state index contributed by atoms with van der Waals surface area (Å²) in [5.74, 6) is -4.67. The Kier molecular flexibility index (Phi) is 7.16. The summed E-state index contributed by atoms with van der Waals surface area (Å²) in [6.07, 6.45) is 3.10. The van der Waals surface area contributed by atoms with E-state index in [0.29, 0.717) is 17.1 Å². The van der Waals surface area contributed by atoms with E-state index in [-0.39, 0.29) is 18.5 Å². The zero-order valence-corrected chi connectivity index (χ0v) is 20.1. The molecule has 1 aromatic carbocycles. The summed E-state index contributed by atoms with van der Waals surface area (Å²) in [7, 11) is 1.59. The first-order valence-electron chi connectivity index (χ1n) is 11.3. The van der Waals surface area contributed by atoms with Crippen molar-refractivity contribution in [1.29, 1.82) is 0 Å². The van der Waals surface area contributed by atoms with Crippen molar-refractivity contribution in [3.05, 3.63) is 65.2 Å². The molecule has 0 saturated heterocycles. The summed E-state index contributed by atoms with van der Waals surface area (Å²) in [4.78, 5) is 30.3. The Balaban J connectivity index is 1.54. The Bertz CT molecular complexity index is 1210. The van der Waals surface area contributed by atoms with Crippen molar-refractivity contribution in [3.8, 4) is 11.1 Å². The molecule has 2 atom stereocenters. The van der Waals surface area contributed by atoms with Crippen molar-refractivity contribution in [3.63, 3.8) is 0 Å². The van der Waals surface area contributed by atoms with Crippen molar-refractivity contribution in [2.24, 2.45) is 13.0 Å². The summed E-state index contributed by atoms with van der Waals surface area (Å²) in [6.45, 7) is 1.85. The van der Waals surface area contributed by atoms with E-state index < -0.39 is 36.1 Å². The lowest BCUT2D eigenvalue weighted by molar-refractivity contribution is -0.121. The third-order valence-corrected chi connectivity index (χ3v) is 6.62. The molecule has 7 nitrogen and oxygen atoms in total. The van der Waals surface area contributed by atoms with Gasteiger partial charge in [-0.3, -0.25) is 19.3 Å². The average molecular weight is 502 g/mol. The van der Waals surface area contributed by atoms with Gasteiger partial charge in [0.1, 0.15) is 11.7 Å². The Hall–Kier alpha value is -3.33. The molecule has 1 aliphatic rings. The molecule has 2 heterocycles. The van der Waals surface area contributed by atoms with Gasteiger partial charge in [0.2, 0.25) is 11.8 Å². The number of amides is 2. The second-order valence-corrected chi connectivity index (χ2v) is 9.23. The maximum absolute atomic E-state index is 14.2. The van der Waals surface area contributed by atoms with Crippen LogP contribution < -0.4 is 10.6 Å². The van der Waals surface area contributed by atoms with Gasteiger partial charge in [0.25, 0.3) is 5.91 Å². The summed E-state index contributed by atoms with van der Waals surface area (Å²) in [5.41, 5.74) is 3.09. The highest BCUT2D eigenvalue weighted by Gasteiger charge is 2.42. The van der Waals surface area contributed by atoms with E-state index in [2.05, 4.69) is 20.7 Å². The molecule has 1 fully saturated rings. The molecular weight excluding hydrogens is 476 g/mol. The minimum atomic E-state index is -2.87. The minimum absolute atomic E-state index is 0.217. The van der Waals surface area contributed by atoms with E-state index in [1.165, 1.54) is 16.9 Å². The van der Waals surface area contributed by atoms with Crippen LogP contribution in [0.3, 0.4) is 0 Å².